The summed E-state index contributed by atoms with van der Waals surface area (Å²) in [5.41, 5.74) is 5.86. The van der Waals surface area contributed by atoms with Gasteiger partial charge in [0.2, 0.25) is 5.13 Å². The Morgan fingerprint density at radius 3 is 2.45 bits per heavy atom. The minimum absolute atomic E-state index is 0.346. The first-order chi connectivity index (χ1) is 15.0. The highest BCUT2D eigenvalue weighted by atomic mass is 32.1. The molecule has 8 nitrogen and oxygen atoms in total. The number of benzene rings is 2. The van der Waals surface area contributed by atoms with E-state index in [0.29, 0.717) is 23.1 Å². The molecule has 0 atom stereocenters. The van der Waals surface area contributed by atoms with Crippen LogP contribution < -0.4 is 25.8 Å². The van der Waals surface area contributed by atoms with E-state index in [-0.39, 0.29) is 0 Å². The van der Waals surface area contributed by atoms with Crippen molar-refractivity contribution in [2.24, 2.45) is 0 Å². The lowest BCUT2D eigenvalue weighted by molar-refractivity contribution is 0.237. The quantitative estimate of drug-likeness (QED) is 0.481. The average Bonchev–Trinajstić information content (AvgIpc) is 3.27. The zero-order valence-corrected chi connectivity index (χ0v) is 18.5. The van der Waals surface area contributed by atoms with Crippen LogP contribution in [-0.2, 0) is 0 Å². The largest absolute Gasteiger partial charge is 0.497 e. The standard InChI is InChI=1S/C22H25N5O3S/c1-4-13-23-21(29)27(26-20(28)24-17-9-5-15(2)6-10-17)22-25-19(14-31-22)16-7-11-18(30-3)12-8-16/h5-12,14H,4,13H2,1-3H3,(H,23,29)(H2,24,26,28). The van der Waals surface area contributed by atoms with Gasteiger partial charge in [-0.15, -0.1) is 11.3 Å². The summed E-state index contributed by atoms with van der Waals surface area (Å²) in [5, 5.41) is 8.79. The van der Waals surface area contributed by atoms with Crippen molar-refractivity contribution in [3.63, 3.8) is 0 Å². The fraction of sp³-hybridized carbons (Fsp3) is 0.227. The van der Waals surface area contributed by atoms with Crippen molar-refractivity contribution >= 4 is 34.2 Å². The molecule has 1 heterocycles. The molecule has 0 aliphatic rings. The molecule has 0 bridgehead atoms. The number of methoxy groups -OCH3 is 1. The highest BCUT2D eigenvalue weighted by Gasteiger charge is 2.22. The van der Waals surface area contributed by atoms with Crippen LogP contribution in [0.3, 0.4) is 0 Å². The van der Waals surface area contributed by atoms with Crippen LogP contribution in [0, 0.1) is 6.92 Å². The number of carbonyl (C=O) groups is 2. The molecule has 162 valence electrons. The van der Waals surface area contributed by atoms with Crippen LogP contribution in [0.1, 0.15) is 18.9 Å². The summed E-state index contributed by atoms with van der Waals surface area (Å²) in [6.45, 7) is 4.40. The third kappa shape index (κ3) is 5.95. The van der Waals surface area contributed by atoms with Crippen molar-refractivity contribution in [3.8, 4) is 17.0 Å². The molecule has 0 fully saturated rings. The first-order valence-electron chi connectivity index (χ1n) is 9.82. The van der Waals surface area contributed by atoms with Crippen LogP contribution in [0.2, 0.25) is 0 Å². The number of hydrogen-bond acceptors (Lipinski definition) is 5. The number of thiazole rings is 1. The molecule has 3 N–H and O–H groups in total. The number of aryl methyl sites for hydroxylation is 1. The Kier molecular flexibility index (Phi) is 7.45. The summed E-state index contributed by atoms with van der Waals surface area (Å²) in [6, 6.07) is 13.8. The fourth-order valence-corrected chi connectivity index (χ4v) is 3.45. The normalized spacial score (nSPS) is 10.3. The first-order valence-corrected chi connectivity index (χ1v) is 10.7. The molecule has 9 heteroatoms. The fourth-order valence-electron chi connectivity index (χ4n) is 2.66. The minimum Gasteiger partial charge on any atom is -0.497 e. The number of carbonyl (C=O) groups excluding carboxylic acids is 2. The summed E-state index contributed by atoms with van der Waals surface area (Å²) >= 11 is 1.25. The number of nitrogens with zero attached hydrogens (tertiary/aromatic N) is 2. The van der Waals surface area contributed by atoms with Crippen LogP contribution in [0.5, 0.6) is 5.75 Å². The van der Waals surface area contributed by atoms with Crippen molar-refractivity contribution in [2.45, 2.75) is 20.3 Å². The Morgan fingerprint density at radius 1 is 1.10 bits per heavy atom. The minimum atomic E-state index is -0.545. The number of amides is 4. The molecule has 3 rings (SSSR count). The highest BCUT2D eigenvalue weighted by molar-refractivity contribution is 7.14. The van der Waals surface area contributed by atoms with Gasteiger partial charge < -0.3 is 15.4 Å². The zero-order chi connectivity index (χ0) is 22.2. The summed E-state index contributed by atoms with van der Waals surface area (Å²) in [4.78, 5) is 29.8. The Morgan fingerprint density at radius 2 is 1.81 bits per heavy atom. The topological polar surface area (TPSA) is 95.6 Å². The third-order valence-corrected chi connectivity index (χ3v) is 5.15. The number of urea groups is 2. The lowest BCUT2D eigenvalue weighted by Crippen LogP contribution is -2.52. The molecule has 0 aliphatic heterocycles. The lowest BCUT2D eigenvalue weighted by Gasteiger charge is -2.21. The van der Waals surface area contributed by atoms with E-state index in [0.717, 1.165) is 28.3 Å². The molecule has 0 aliphatic carbocycles. The van der Waals surface area contributed by atoms with E-state index in [1.54, 1.807) is 19.2 Å². The maximum atomic E-state index is 12.7. The van der Waals surface area contributed by atoms with Crippen molar-refractivity contribution in [2.75, 3.05) is 24.0 Å². The monoisotopic (exact) mass is 439 g/mol. The second-order valence-electron chi connectivity index (χ2n) is 6.74. The molecule has 0 saturated heterocycles. The summed E-state index contributed by atoms with van der Waals surface area (Å²) in [7, 11) is 1.61. The molecule has 0 spiro atoms. The van der Waals surface area contributed by atoms with Gasteiger partial charge in [-0.2, -0.15) is 5.01 Å². The van der Waals surface area contributed by atoms with Crippen molar-refractivity contribution in [1.82, 2.24) is 15.7 Å². The number of ether oxygens (including phenoxy) is 1. The van der Waals surface area contributed by atoms with Gasteiger partial charge in [-0.1, -0.05) is 24.6 Å². The summed E-state index contributed by atoms with van der Waals surface area (Å²) in [5.74, 6) is 0.745. The maximum absolute atomic E-state index is 12.7. The van der Waals surface area contributed by atoms with Gasteiger partial charge in [-0.3, -0.25) is 0 Å². The molecule has 0 unspecified atom stereocenters. The van der Waals surface area contributed by atoms with E-state index in [2.05, 4.69) is 21.0 Å². The van der Waals surface area contributed by atoms with Crippen LogP contribution in [0.15, 0.2) is 53.9 Å². The molecular formula is C22H25N5O3S. The predicted molar refractivity (Wildman–Crippen MR) is 124 cm³/mol. The van der Waals surface area contributed by atoms with E-state index in [1.807, 2.05) is 55.6 Å². The van der Waals surface area contributed by atoms with Crippen LogP contribution in [0.4, 0.5) is 20.4 Å². The van der Waals surface area contributed by atoms with Gasteiger partial charge in [0.1, 0.15) is 5.75 Å². The lowest BCUT2D eigenvalue weighted by atomic mass is 10.2. The van der Waals surface area contributed by atoms with E-state index in [4.69, 9.17) is 4.74 Å². The Bertz CT molecular complexity index is 1020. The van der Waals surface area contributed by atoms with E-state index in [1.165, 1.54) is 11.3 Å². The van der Waals surface area contributed by atoms with E-state index < -0.39 is 12.1 Å². The number of hydrogen-bond donors (Lipinski definition) is 3. The number of aromatic nitrogens is 1. The van der Waals surface area contributed by atoms with Gasteiger partial charge in [0, 0.05) is 23.2 Å². The number of rotatable bonds is 6. The van der Waals surface area contributed by atoms with Crippen molar-refractivity contribution < 1.29 is 14.3 Å². The van der Waals surface area contributed by atoms with Gasteiger partial charge in [0.25, 0.3) is 0 Å². The highest BCUT2D eigenvalue weighted by Crippen LogP contribution is 2.28. The van der Waals surface area contributed by atoms with Crippen molar-refractivity contribution in [3.05, 3.63) is 59.5 Å². The second-order valence-corrected chi connectivity index (χ2v) is 7.58. The van der Waals surface area contributed by atoms with E-state index >= 15 is 0 Å². The number of anilines is 2. The Labute approximate surface area is 185 Å². The van der Waals surface area contributed by atoms with Crippen LogP contribution in [-0.4, -0.2) is 30.7 Å². The number of hydrazine groups is 1. The van der Waals surface area contributed by atoms with Gasteiger partial charge in [0.15, 0.2) is 0 Å². The van der Waals surface area contributed by atoms with Gasteiger partial charge in [-0.25, -0.2) is 20.0 Å². The van der Waals surface area contributed by atoms with E-state index in [9.17, 15) is 9.59 Å². The second kappa shape index (κ2) is 10.4. The molecule has 1 aromatic heterocycles. The zero-order valence-electron chi connectivity index (χ0n) is 17.6. The summed E-state index contributed by atoms with van der Waals surface area (Å²) in [6.07, 6.45) is 0.768. The Hall–Kier alpha value is -3.59. The molecule has 4 amide bonds. The SMILES string of the molecule is CCCNC(=O)N(NC(=O)Nc1ccc(C)cc1)c1nc(-c2ccc(OC)cc2)cs1. The Balaban J connectivity index is 1.78. The van der Waals surface area contributed by atoms with Gasteiger partial charge in [0.05, 0.1) is 12.8 Å². The number of nitrogens with one attached hydrogen (secondary N) is 3. The molecule has 0 saturated carbocycles. The molecule has 3 aromatic rings. The molecule has 31 heavy (non-hydrogen) atoms. The van der Waals surface area contributed by atoms with Crippen LogP contribution in [0.25, 0.3) is 11.3 Å². The van der Waals surface area contributed by atoms with Gasteiger partial charge >= 0.3 is 12.1 Å². The van der Waals surface area contributed by atoms with Crippen LogP contribution >= 0.6 is 11.3 Å². The smallest absolute Gasteiger partial charge is 0.343 e. The average molecular weight is 440 g/mol. The molecular weight excluding hydrogens is 414 g/mol. The molecule has 0 radical (unpaired) electrons. The van der Waals surface area contributed by atoms with Crippen molar-refractivity contribution in [1.29, 1.82) is 0 Å². The predicted octanol–water partition coefficient (Wildman–Crippen LogP) is 4.79. The molecule has 2 aromatic carbocycles. The first kappa shape index (κ1) is 22.1. The summed E-state index contributed by atoms with van der Waals surface area (Å²) < 4.78 is 5.18. The van der Waals surface area contributed by atoms with Gasteiger partial charge in [-0.05, 0) is 49.7 Å². The third-order valence-electron chi connectivity index (χ3n) is 4.32. The maximum Gasteiger partial charge on any atom is 0.343 e.